The maximum Gasteiger partial charge on any atom is 0.0828 e. The molecule has 1 aromatic heterocycles. The first-order valence-corrected chi connectivity index (χ1v) is 6.18. The number of aryl methyl sites for hydroxylation is 1. The van der Waals surface area contributed by atoms with Gasteiger partial charge < -0.3 is 0 Å². The predicted octanol–water partition coefficient (Wildman–Crippen LogP) is 1.04. The summed E-state index contributed by atoms with van der Waals surface area (Å²) in [7, 11) is 1.92. The van der Waals surface area contributed by atoms with Gasteiger partial charge in [-0.15, -0.1) is 0 Å². The second-order valence-corrected chi connectivity index (χ2v) is 4.84. The van der Waals surface area contributed by atoms with Crippen molar-refractivity contribution in [3.8, 4) is 0 Å². The van der Waals surface area contributed by atoms with Crippen molar-refractivity contribution < 1.29 is 0 Å². The van der Waals surface area contributed by atoms with Crippen molar-refractivity contribution in [2.45, 2.75) is 39.3 Å². The van der Waals surface area contributed by atoms with E-state index in [1.54, 1.807) is 4.68 Å². The summed E-state index contributed by atoms with van der Waals surface area (Å²) in [6, 6.07) is 2.03. The molecular formula is C12H25N5. The fraction of sp³-hybridized carbons (Fsp3) is 0.750. The van der Waals surface area contributed by atoms with Crippen molar-refractivity contribution in [2.24, 2.45) is 12.9 Å². The summed E-state index contributed by atoms with van der Waals surface area (Å²) in [6.07, 6.45) is 1.94. The monoisotopic (exact) mass is 239 g/mol. The first-order chi connectivity index (χ1) is 7.97. The minimum Gasteiger partial charge on any atom is -0.297 e. The predicted molar refractivity (Wildman–Crippen MR) is 70.3 cm³/mol. The average Bonchev–Trinajstić information content (AvgIpc) is 2.66. The van der Waals surface area contributed by atoms with E-state index >= 15 is 0 Å². The Labute approximate surface area is 104 Å². The van der Waals surface area contributed by atoms with Crippen molar-refractivity contribution in [3.05, 3.63) is 18.0 Å². The lowest BCUT2D eigenvalue weighted by atomic mass is 9.90. The summed E-state index contributed by atoms with van der Waals surface area (Å²) < 4.78 is 1.80. The zero-order valence-corrected chi connectivity index (χ0v) is 11.6. The molecule has 0 bridgehead atoms. The number of hydrazine groups is 1. The summed E-state index contributed by atoms with van der Waals surface area (Å²) >= 11 is 0. The molecule has 0 aliphatic rings. The maximum atomic E-state index is 5.72. The topological polar surface area (TPSA) is 59.1 Å². The van der Waals surface area contributed by atoms with Gasteiger partial charge in [-0.05, 0) is 33.0 Å². The van der Waals surface area contributed by atoms with Crippen molar-refractivity contribution >= 4 is 0 Å². The fourth-order valence-electron chi connectivity index (χ4n) is 2.46. The number of rotatable bonds is 6. The highest BCUT2D eigenvalue weighted by atomic mass is 15.3. The molecule has 1 aromatic rings. The molecule has 0 spiro atoms. The molecule has 0 saturated carbocycles. The second kappa shape index (κ2) is 5.62. The molecule has 5 heteroatoms. The molecule has 0 aromatic carbocycles. The van der Waals surface area contributed by atoms with Crippen LogP contribution in [-0.2, 0) is 7.05 Å². The van der Waals surface area contributed by atoms with Crippen LogP contribution in [0.15, 0.2) is 12.3 Å². The Morgan fingerprint density at radius 3 is 2.41 bits per heavy atom. The number of nitrogens with zero attached hydrogens (tertiary/aromatic N) is 3. The van der Waals surface area contributed by atoms with Crippen molar-refractivity contribution in [2.75, 3.05) is 13.1 Å². The average molecular weight is 239 g/mol. The van der Waals surface area contributed by atoms with E-state index in [0.29, 0.717) is 0 Å². The molecule has 0 amide bonds. The number of likely N-dealkylation sites (N-methyl/N-ethyl adjacent to an activating group) is 1. The highest BCUT2D eigenvalue weighted by Gasteiger charge is 2.35. The Hall–Kier alpha value is -0.910. The van der Waals surface area contributed by atoms with Gasteiger partial charge in [0.15, 0.2) is 0 Å². The third kappa shape index (κ3) is 2.86. The Kier molecular flexibility index (Phi) is 4.68. The minimum absolute atomic E-state index is 0.0172. The zero-order chi connectivity index (χ0) is 13.1. The summed E-state index contributed by atoms with van der Waals surface area (Å²) in [4.78, 5) is 2.38. The Morgan fingerprint density at radius 2 is 2.06 bits per heavy atom. The van der Waals surface area contributed by atoms with Gasteiger partial charge in [0.25, 0.3) is 0 Å². The van der Waals surface area contributed by atoms with Gasteiger partial charge in [0.1, 0.15) is 0 Å². The van der Waals surface area contributed by atoms with Crippen LogP contribution in [0.25, 0.3) is 0 Å². The normalized spacial score (nSPS) is 14.3. The molecular weight excluding hydrogens is 214 g/mol. The molecule has 3 N–H and O–H groups in total. The lowest BCUT2D eigenvalue weighted by molar-refractivity contribution is 0.0893. The van der Waals surface area contributed by atoms with E-state index in [-0.39, 0.29) is 11.6 Å². The summed E-state index contributed by atoms with van der Waals surface area (Å²) in [6.45, 7) is 10.7. The molecule has 0 aliphatic carbocycles. The van der Waals surface area contributed by atoms with Gasteiger partial charge in [0.2, 0.25) is 0 Å². The molecule has 1 rings (SSSR count). The van der Waals surface area contributed by atoms with E-state index in [1.807, 2.05) is 19.3 Å². The largest absolute Gasteiger partial charge is 0.297 e. The SMILES string of the molecule is CCN(CC)C(C)(C)C(NN)c1ccn(C)n1. The third-order valence-electron chi connectivity index (χ3n) is 3.48. The van der Waals surface area contributed by atoms with Crippen molar-refractivity contribution in [1.29, 1.82) is 0 Å². The van der Waals surface area contributed by atoms with Crippen LogP contribution < -0.4 is 11.3 Å². The van der Waals surface area contributed by atoms with Crippen LogP contribution in [0.5, 0.6) is 0 Å². The number of nitrogens with one attached hydrogen (secondary N) is 1. The lowest BCUT2D eigenvalue weighted by Gasteiger charge is -2.42. The molecule has 0 radical (unpaired) electrons. The first kappa shape index (κ1) is 14.2. The van der Waals surface area contributed by atoms with Crippen LogP contribution in [0, 0.1) is 0 Å². The smallest absolute Gasteiger partial charge is 0.0828 e. The molecule has 0 saturated heterocycles. The third-order valence-corrected chi connectivity index (χ3v) is 3.48. The van der Waals surface area contributed by atoms with Gasteiger partial charge in [-0.2, -0.15) is 5.10 Å². The molecule has 98 valence electrons. The molecule has 5 nitrogen and oxygen atoms in total. The van der Waals surface area contributed by atoms with Crippen molar-refractivity contribution in [3.63, 3.8) is 0 Å². The van der Waals surface area contributed by atoms with Crippen LogP contribution in [-0.4, -0.2) is 33.3 Å². The summed E-state index contributed by atoms with van der Waals surface area (Å²) in [5.41, 5.74) is 3.81. The molecule has 17 heavy (non-hydrogen) atoms. The van der Waals surface area contributed by atoms with Crippen LogP contribution in [0.3, 0.4) is 0 Å². The second-order valence-electron chi connectivity index (χ2n) is 4.84. The van der Waals surface area contributed by atoms with Crippen LogP contribution >= 0.6 is 0 Å². The first-order valence-electron chi connectivity index (χ1n) is 6.18. The van der Waals surface area contributed by atoms with Gasteiger partial charge in [-0.1, -0.05) is 13.8 Å². The molecule has 0 fully saturated rings. The van der Waals surface area contributed by atoms with E-state index in [4.69, 9.17) is 5.84 Å². The number of nitrogens with two attached hydrogens (primary N) is 1. The Balaban J connectivity index is 3.00. The van der Waals surface area contributed by atoms with Crippen LogP contribution in [0.2, 0.25) is 0 Å². The van der Waals surface area contributed by atoms with Crippen LogP contribution in [0.1, 0.15) is 39.4 Å². The van der Waals surface area contributed by atoms with Gasteiger partial charge in [0, 0.05) is 18.8 Å². The summed E-state index contributed by atoms with van der Waals surface area (Å²) in [5, 5.41) is 4.45. The zero-order valence-electron chi connectivity index (χ0n) is 11.6. The van der Waals surface area contributed by atoms with E-state index in [0.717, 1.165) is 18.8 Å². The molecule has 1 unspecified atom stereocenters. The van der Waals surface area contributed by atoms with E-state index in [1.165, 1.54) is 0 Å². The summed E-state index contributed by atoms with van der Waals surface area (Å²) in [5.74, 6) is 5.72. The molecule has 0 aliphatic heterocycles. The number of hydrogen-bond acceptors (Lipinski definition) is 4. The Bertz CT molecular complexity index is 340. The van der Waals surface area contributed by atoms with Gasteiger partial charge >= 0.3 is 0 Å². The quantitative estimate of drug-likeness (QED) is 0.575. The van der Waals surface area contributed by atoms with E-state index in [9.17, 15) is 0 Å². The standard InChI is InChI=1S/C12H25N5/c1-6-17(7-2)12(3,4)11(14-13)10-8-9-16(5)15-10/h8-9,11,14H,6-7,13H2,1-5H3. The highest BCUT2D eigenvalue weighted by Crippen LogP contribution is 2.29. The van der Waals surface area contributed by atoms with Crippen molar-refractivity contribution in [1.82, 2.24) is 20.1 Å². The van der Waals surface area contributed by atoms with E-state index in [2.05, 4.69) is 43.1 Å². The van der Waals surface area contributed by atoms with Gasteiger partial charge in [-0.25, -0.2) is 5.43 Å². The molecule has 1 atom stereocenters. The fourth-order valence-corrected chi connectivity index (χ4v) is 2.46. The number of hydrogen-bond donors (Lipinski definition) is 2. The number of aromatic nitrogens is 2. The highest BCUT2D eigenvalue weighted by molar-refractivity contribution is 5.12. The van der Waals surface area contributed by atoms with Gasteiger partial charge in [-0.3, -0.25) is 15.4 Å². The van der Waals surface area contributed by atoms with Crippen LogP contribution in [0.4, 0.5) is 0 Å². The lowest BCUT2D eigenvalue weighted by Crippen LogP contribution is -2.54. The van der Waals surface area contributed by atoms with E-state index < -0.39 is 0 Å². The Morgan fingerprint density at radius 1 is 1.47 bits per heavy atom. The maximum absolute atomic E-state index is 5.72. The van der Waals surface area contributed by atoms with Gasteiger partial charge in [0.05, 0.1) is 11.7 Å². The minimum atomic E-state index is -0.0768. The molecule has 1 heterocycles.